The molecule has 0 unspecified atom stereocenters. The molecule has 0 amide bonds. The fourth-order valence-electron chi connectivity index (χ4n) is 5.68. The molecule has 0 saturated heterocycles. The van der Waals surface area contributed by atoms with Gasteiger partial charge in [0, 0.05) is 17.1 Å². The summed E-state index contributed by atoms with van der Waals surface area (Å²) in [6.07, 6.45) is 7.27. The Hall–Kier alpha value is -4.36. The van der Waals surface area contributed by atoms with Crippen molar-refractivity contribution >= 4 is 28.7 Å². The molecule has 0 bridgehead atoms. The van der Waals surface area contributed by atoms with Crippen molar-refractivity contribution in [2.75, 3.05) is 4.90 Å². The van der Waals surface area contributed by atoms with Crippen LogP contribution in [0, 0.1) is 6.92 Å². The Morgan fingerprint density at radius 3 is 1.76 bits per heavy atom. The minimum atomic E-state index is 1.17. The highest BCUT2D eigenvalue weighted by Gasteiger charge is 2.18. The zero-order valence-corrected chi connectivity index (χ0v) is 22.0. The van der Waals surface area contributed by atoms with Crippen LogP contribution < -0.4 is 4.90 Å². The first-order valence-corrected chi connectivity index (χ1v) is 13.7. The van der Waals surface area contributed by atoms with Gasteiger partial charge in [-0.05, 0) is 114 Å². The lowest BCUT2D eigenvalue weighted by atomic mass is 9.88. The van der Waals surface area contributed by atoms with Gasteiger partial charge in [0.15, 0.2) is 0 Å². The highest BCUT2D eigenvalue weighted by molar-refractivity contribution is 5.91. The van der Waals surface area contributed by atoms with Gasteiger partial charge in [-0.3, -0.25) is 0 Å². The lowest BCUT2D eigenvalue weighted by Gasteiger charge is -2.28. The third-order valence-electron chi connectivity index (χ3n) is 7.58. The number of nitrogens with zero attached hydrogens (tertiary/aromatic N) is 1. The van der Waals surface area contributed by atoms with Crippen molar-refractivity contribution in [2.45, 2.75) is 32.6 Å². The molecule has 0 spiro atoms. The highest BCUT2D eigenvalue weighted by atomic mass is 15.1. The van der Waals surface area contributed by atoms with Gasteiger partial charge >= 0.3 is 0 Å². The van der Waals surface area contributed by atoms with Gasteiger partial charge in [-0.25, -0.2) is 0 Å². The molecule has 1 aliphatic carbocycles. The van der Waals surface area contributed by atoms with Crippen molar-refractivity contribution in [2.24, 2.45) is 0 Å². The van der Waals surface area contributed by atoms with Crippen LogP contribution in [-0.2, 0) is 12.8 Å². The van der Waals surface area contributed by atoms with Gasteiger partial charge in [-0.1, -0.05) is 91.0 Å². The maximum atomic E-state index is 2.42. The molecule has 0 aromatic heterocycles. The van der Waals surface area contributed by atoms with Crippen LogP contribution >= 0.6 is 0 Å². The Kier molecular flexibility index (Phi) is 6.91. The minimum absolute atomic E-state index is 1.17. The SMILES string of the molecule is Cc1cc(N(c2ccccc2)c2ccc(C=C(c3ccccc3)c3ccccc3)cc2)cc2c1CCCC2. The van der Waals surface area contributed by atoms with Gasteiger partial charge in [0.1, 0.15) is 0 Å². The molecule has 6 rings (SSSR count). The molecule has 0 saturated carbocycles. The lowest BCUT2D eigenvalue weighted by Crippen LogP contribution is -2.13. The van der Waals surface area contributed by atoms with Gasteiger partial charge in [0.05, 0.1) is 0 Å². The molecular weight excluding hydrogens is 458 g/mol. The third kappa shape index (κ3) is 5.06. The van der Waals surface area contributed by atoms with Crippen molar-refractivity contribution in [3.05, 3.63) is 161 Å². The average Bonchev–Trinajstić information content (AvgIpc) is 2.98. The first-order valence-electron chi connectivity index (χ1n) is 13.7. The van der Waals surface area contributed by atoms with Crippen LogP contribution in [0.1, 0.15) is 46.2 Å². The number of rotatable bonds is 6. The van der Waals surface area contributed by atoms with Crippen LogP contribution in [0.2, 0.25) is 0 Å². The van der Waals surface area contributed by atoms with E-state index in [1.54, 1.807) is 5.56 Å². The minimum Gasteiger partial charge on any atom is -0.310 e. The van der Waals surface area contributed by atoms with Crippen molar-refractivity contribution in [3.8, 4) is 0 Å². The monoisotopic (exact) mass is 491 g/mol. The van der Waals surface area contributed by atoms with Gasteiger partial charge < -0.3 is 4.90 Å². The maximum Gasteiger partial charge on any atom is 0.0467 e. The Balaban J connectivity index is 1.41. The van der Waals surface area contributed by atoms with E-state index in [9.17, 15) is 0 Å². The molecule has 1 heteroatoms. The summed E-state index contributed by atoms with van der Waals surface area (Å²) < 4.78 is 0. The number of aryl methyl sites for hydroxylation is 2. The number of anilines is 3. The highest BCUT2D eigenvalue weighted by Crippen LogP contribution is 2.38. The third-order valence-corrected chi connectivity index (χ3v) is 7.58. The smallest absolute Gasteiger partial charge is 0.0467 e. The molecule has 1 aliphatic rings. The van der Waals surface area contributed by atoms with E-state index in [1.165, 1.54) is 76.1 Å². The Morgan fingerprint density at radius 2 is 1.13 bits per heavy atom. The normalized spacial score (nSPS) is 12.4. The number of fused-ring (bicyclic) bond motifs is 1. The molecule has 0 atom stereocenters. The fraction of sp³-hybridized carbons (Fsp3) is 0.135. The fourth-order valence-corrected chi connectivity index (χ4v) is 5.68. The quantitative estimate of drug-likeness (QED) is 0.214. The zero-order valence-electron chi connectivity index (χ0n) is 22.0. The predicted octanol–water partition coefficient (Wildman–Crippen LogP) is 9.93. The molecule has 0 aliphatic heterocycles. The van der Waals surface area contributed by atoms with E-state index in [0.717, 1.165) is 0 Å². The largest absolute Gasteiger partial charge is 0.310 e. The first kappa shape index (κ1) is 24.0. The van der Waals surface area contributed by atoms with Crippen LogP contribution in [0.4, 0.5) is 17.1 Å². The summed E-state index contributed by atoms with van der Waals surface area (Å²) in [5.41, 5.74) is 12.9. The van der Waals surface area contributed by atoms with Crippen LogP contribution in [-0.4, -0.2) is 0 Å². The van der Waals surface area contributed by atoms with Crippen molar-refractivity contribution < 1.29 is 0 Å². The number of hydrogen-bond acceptors (Lipinski definition) is 1. The predicted molar refractivity (Wildman–Crippen MR) is 162 cm³/mol. The molecule has 0 fully saturated rings. The molecule has 186 valence electrons. The summed E-state index contributed by atoms with van der Waals surface area (Å²) in [6.45, 7) is 2.28. The summed E-state index contributed by atoms with van der Waals surface area (Å²) in [6, 6.07) is 45.8. The van der Waals surface area contributed by atoms with E-state index in [-0.39, 0.29) is 0 Å². The molecule has 5 aromatic carbocycles. The lowest BCUT2D eigenvalue weighted by molar-refractivity contribution is 0.682. The van der Waals surface area contributed by atoms with E-state index >= 15 is 0 Å². The van der Waals surface area contributed by atoms with Crippen LogP contribution in [0.5, 0.6) is 0 Å². The van der Waals surface area contributed by atoms with E-state index in [2.05, 4.69) is 145 Å². The topological polar surface area (TPSA) is 3.24 Å². The van der Waals surface area contributed by atoms with Crippen LogP contribution in [0.15, 0.2) is 127 Å². The Labute approximate surface area is 226 Å². The maximum absolute atomic E-state index is 2.42. The number of hydrogen-bond donors (Lipinski definition) is 0. The van der Waals surface area contributed by atoms with Gasteiger partial charge in [0.25, 0.3) is 0 Å². The zero-order chi connectivity index (χ0) is 25.7. The van der Waals surface area contributed by atoms with Crippen molar-refractivity contribution in [1.29, 1.82) is 0 Å². The van der Waals surface area contributed by atoms with Crippen LogP contribution in [0.25, 0.3) is 11.6 Å². The summed E-state index contributed by atoms with van der Waals surface area (Å²) in [5, 5.41) is 0. The van der Waals surface area contributed by atoms with Gasteiger partial charge in [-0.15, -0.1) is 0 Å². The Bertz CT molecular complexity index is 1490. The van der Waals surface area contributed by atoms with Gasteiger partial charge in [0.2, 0.25) is 0 Å². The van der Waals surface area contributed by atoms with E-state index in [0.29, 0.717) is 0 Å². The van der Waals surface area contributed by atoms with E-state index < -0.39 is 0 Å². The summed E-state index contributed by atoms with van der Waals surface area (Å²) in [4.78, 5) is 2.39. The summed E-state index contributed by atoms with van der Waals surface area (Å²) >= 11 is 0. The van der Waals surface area contributed by atoms with Crippen molar-refractivity contribution in [1.82, 2.24) is 0 Å². The summed E-state index contributed by atoms with van der Waals surface area (Å²) in [7, 11) is 0. The number of benzene rings is 5. The number of para-hydroxylation sites is 1. The van der Waals surface area contributed by atoms with Crippen molar-refractivity contribution in [3.63, 3.8) is 0 Å². The summed E-state index contributed by atoms with van der Waals surface area (Å²) in [5.74, 6) is 0. The van der Waals surface area contributed by atoms with E-state index in [1.807, 2.05) is 0 Å². The molecule has 1 nitrogen and oxygen atoms in total. The molecule has 0 N–H and O–H groups in total. The van der Waals surface area contributed by atoms with E-state index in [4.69, 9.17) is 0 Å². The Morgan fingerprint density at radius 1 is 0.579 bits per heavy atom. The van der Waals surface area contributed by atoms with Gasteiger partial charge in [-0.2, -0.15) is 0 Å². The van der Waals surface area contributed by atoms with Crippen LogP contribution in [0.3, 0.4) is 0 Å². The molecule has 5 aromatic rings. The second kappa shape index (κ2) is 10.9. The molecule has 0 heterocycles. The first-order chi connectivity index (χ1) is 18.8. The molecule has 38 heavy (non-hydrogen) atoms. The second-order valence-electron chi connectivity index (χ2n) is 10.2. The standard InChI is InChI=1S/C37H33N/c1-28-25-35(27-32-17-11-12-20-36(28)32)38(33-18-9-4-10-19-33)34-23-21-29(22-24-34)26-37(30-13-5-2-6-14-30)31-15-7-3-8-16-31/h2-10,13-16,18-19,21-27H,11-12,17,20H2,1H3. The average molecular weight is 492 g/mol. The molecule has 0 radical (unpaired) electrons. The second-order valence-corrected chi connectivity index (χ2v) is 10.2. The molecular formula is C37H33N.